The summed E-state index contributed by atoms with van der Waals surface area (Å²) in [5.41, 5.74) is 0.679. The summed E-state index contributed by atoms with van der Waals surface area (Å²) in [6, 6.07) is 0. The van der Waals surface area contributed by atoms with Crippen molar-refractivity contribution in [1.82, 2.24) is 9.55 Å². The fourth-order valence-corrected chi connectivity index (χ4v) is 2.16. The summed E-state index contributed by atoms with van der Waals surface area (Å²) < 4.78 is 7.13. The van der Waals surface area contributed by atoms with Gasteiger partial charge in [-0.3, -0.25) is 4.79 Å². The molecule has 2 atom stereocenters. The zero-order valence-electron chi connectivity index (χ0n) is 9.36. The van der Waals surface area contributed by atoms with Crippen LogP contribution in [0.2, 0.25) is 0 Å². The molecular weight excluding hydrogens is 192 g/mol. The Balaban J connectivity index is 2.39. The van der Waals surface area contributed by atoms with E-state index in [0.717, 1.165) is 12.1 Å². The van der Waals surface area contributed by atoms with Crippen LogP contribution in [0.1, 0.15) is 31.9 Å². The Hall–Kier alpha value is -1.32. The van der Waals surface area contributed by atoms with E-state index < -0.39 is 5.41 Å². The number of rotatable bonds is 2. The second-order valence-corrected chi connectivity index (χ2v) is 4.35. The van der Waals surface area contributed by atoms with Gasteiger partial charge in [0.2, 0.25) is 0 Å². The minimum absolute atomic E-state index is 0.0869. The average Bonchev–Trinajstić information content (AvgIpc) is 2.74. The van der Waals surface area contributed by atoms with Gasteiger partial charge in [-0.1, -0.05) is 6.92 Å². The molecule has 1 fully saturated rings. The van der Waals surface area contributed by atoms with Gasteiger partial charge in [0.15, 0.2) is 0 Å². The number of imidazole rings is 1. The van der Waals surface area contributed by atoms with Crippen LogP contribution < -0.4 is 0 Å². The summed E-state index contributed by atoms with van der Waals surface area (Å²) in [5, 5.41) is 0. The van der Waals surface area contributed by atoms with Gasteiger partial charge in [-0.2, -0.15) is 0 Å². The molecule has 82 valence electrons. The summed E-state index contributed by atoms with van der Waals surface area (Å²) in [4.78, 5) is 15.8. The fourth-order valence-electron chi connectivity index (χ4n) is 2.16. The van der Waals surface area contributed by atoms with Crippen molar-refractivity contribution in [3.63, 3.8) is 0 Å². The van der Waals surface area contributed by atoms with Crippen molar-refractivity contribution in [2.24, 2.45) is 12.5 Å². The van der Waals surface area contributed by atoms with E-state index in [0.29, 0.717) is 6.61 Å². The van der Waals surface area contributed by atoms with Crippen molar-refractivity contribution in [2.75, 3.05) is 6.61 Å². The molecule has 2 rings (SSSR count). The first-order chi connectivity index (χ1) is 7.09. The number of hydrogen-bond acceptors (Lipinski definition) is 3. The number of ether oxygens (including phenoxy) is 1. The number of aromatic nitrogens is 2. The maximum absolute atomic E-state index is 11.7. The Morgan fingerprint density at radius 1 is 1.73 bits per heavy atom. The van der Waals surface area contributed by atoms with E-state index in [4.69, 9.17) is 4.74 Å². The largest absolute Gasteiger partial charge is 0.465 e. The van der Waals surface area contributed by atoms with Crippen LogP contribution in [0.15, 0.2) is 12.5 Å². The highest BCUT2D eigenvalue weighted by molar-refractivity contribution is 5.79. The van der Waals surface area contributed by atoms with Crippen molar-refractivity contribution >= 4 is 5.97 Å². The third-order valence-electron chi connectivity index (χ3n) is 3.56. The number of nitrogens with zero attached hydrogens (tertiary/aromatic N) is 2. The maximum atomic E-state index is 11.7. The summed E-state index contributed by atoms with van der Waals surface area (Å²) in [5.74, 6) is 0.0405. The van der Waals surface area contributed by atoms with E-state index in [9.17, 15) is 4.79 Å². The van der Waals surface area contributed by atoms with Crippen LogP contribution in [0.4, 0.5) is 0 Å². The van der Waals surface area contributed by atoms with Gasteiger partial charge in [0.1, 0.15) is 6.61 Å². The zero-order chi connectivity index (χ0) is 11.1. The monoisotopic (exact) mass is 208 g/mol. The van der Waals surface area contributed by atoms with Crippen LogP contribution in [-0.4, -0.2) is 22.1 Å². The quantitative estimate of drug-likeness (QED) is 0.691. The van der Waals surface area contributed by atoms with Crippen LogP contribution in [0.5, 0.6) is 0 Å². The summed E-state index contributed by atoms with van der Waals surface area (Å²) in [6.45, 7) is 4.47. The van der Waals surface area contributed by atoms with Gasteiger partial charge >= 0.3 is 5.97 Å². The number of hydrogen-bond donors (Lipinski definition) is 0. The minimum Gasteiger partial charge on any atom is -0.465 e. The van der Waals surface area contributed by atoms with Gasteiger partial charge in [0.05, 0.1) is 17.7 Å². The standard InChI is InChI=1S/C11H16N2O2/c1-4-11(2)8(6-15-10(11)14)9-5-12-7-13(9)3/h5,7-8H,4,6H2,1-3H3. The molecule has 15 heavy (non-hydrogen) atoms. The van der Waals surface area contributed by atoms with E-state index in [1.165, 1.54) is 0 Å². The molecule has 0 amide bonds. The third-order valence-corrected chi connectivity index (χ3v) is 3.56. The van der Waals surface area contributed by atoms with Gasteiger partial charge in [0.25, 0.3) is 0 Å². The molecule has 0 aromatic carbocycles. The molecule has 0 N–H and O–H groups in total. The molecule has 4 heteroatoms. The average molecular weight is 208 g/mol. The zero-order valence-corrected chi connectivity index (χ0v) is 9.36. The Kier molecular flexibility index (Phi) is 2.29. The highest BCUT2D eigenvalue weighted by Gasteiger charge is 2.48. The van der Waals surface area contributed by atoms with Crippen molar-refractivity contribution in [3.8, 4) is 0 Å². The second-order valence-electron chi connectivity index (χ2n) is 4.35. The lowest BCUT2D eigenvalue weighted by molar-refractivity contribution is -0.145. The van der Waals surface area contributed by atoms with Crippen LogP contribution >= 0.6 is 0 Å². The molecule has 0 radical (unpaired) electrons. The van der Waals surface area contributed by atoms with E-state index in [-0.39, 0.29) is 11.9 Å². The van der Waals surface area contributed by atoms with Gasteiger partial charge < -0.3 is 9.30 Å². The normalized spacial score (nSPS) is 30.6. The molecule has 2 unspecified atom stereocenters. The van der Waals surface area contributed by atoms with Crippen molar-refractivity contribution in [2.45, 2.75) is 26.2 Å². The molecule has 1 saturated heterocycles. The summed E-state index contributed by atoms with van der Waals surface area (Å²) >= 11 is 0. The van der Waals surface area contributed by atoms with Gasteiger partial charge in [-0.25, -0.2) is 4.98 Å². The number of esters is 1. The van der Waals surface area contributed by atoms with Crippen molar-refractivity contribution < 1.29 is 9.53 Å². The van der Waals surface area contributed by atoms with Gasteiger partial charge in [-0.15, -0.1) is 0 Å². The first-order valence-corrected chi connectivity index (χ1v) is 5.23. The molecule has 1 aromatic rings. The number of carbonyl (C=O) groups excluding carboxylic acids is 1. The number of cyclic esters (lactones) is 1. The van der Waals surface area contributed by atoms with Crippen LogP contribution in [0.3, 0.4) is 0 Å². The van der Waals surface area contributed by atoms with Gasteiger partial charge in [-0.05, 0) is 13.3 Å². The SMILES string of the molecule is CCC1(C)C(=O)OCC1c1cncn1C. The lowest BCUT2D eigenvalue weighted by Crippen LogP contribution is -2.28. The van der Waals surface area contributed by atoms with E-state index in [1.54, 1.807) is 6.33 Å². The molecule has 0 saturated carbocycles. The Labute approximate surface area is 89.3 Å². The second kappa shape index (κ2) is 3.36. The summed E-state index contributed by atoms with van der Waals surface area (Å²) in [6.07, 6.45) is 4.37. The first-order valence-electron chi connectivity index (χ1n) is 5.23. The molecule has 2 heterocycles. The highest BCUT2D eigenvalue weighted by atomic mass is 16.5. The molecule has 1 aliphatic heterocycles. The summed E-state index contributed by atoms with van der Waals surface area (Å²) in [7, 11) is 1.95. The van der Waals surface area contributed by atoms with Crippen molar-refractivity contribution in [3.05, 3.63) is 18.2 Å². The number of aryl methyl sites for hydroxylation is 1. The Bertz CT molecular complexity index is 386. The molecule has 1 aromatic heterocycles. The van der Waals surface area contributed by atoms with Crippen LogP contribution in [0.25, 0.3) is 0 Å². The van der Waals surface area contributed by atoms with E-state index in [1.807, 2.05) is 31.7 Å². The predicted octanol–water partition coefficient (Wildman–Crippen LogP) is 1.48. The smallest absolute Gasteiger partial charge is 0.312 e. The molecule has 0 spiro atoms. The molecule has 1 aliphatic rings. The fraction of sp³-hybridized carbons (Fsp3) is 0.636. The van der Waals surface area contributed by atoms with Gasteiger partial charge in [0, 0.05) is 18.9 Å². The number of carbonyl (C=O) groups is 1. The van der Waals surface area contributed by atoms with Crippen molar-refractivity contribution in [1.29, 1.82) is 0 Å². The lowest BCUT2D eigenvalue weighted by Gasteiger charge is -2.24. The Morgan fingerprint density at radius 3 is 3.00 bits per heavy atom. The first kappa shape index (κ1) is 10.2. The Morgan fingerprint density at radius 2 is 2.47 bits per heavy atom. The van der Waals surface area contributed by atoms with E-state index >= 15 is 0 Å². The van der Waals surface area contributed by atoms with Crippen LogP contribution in [-0.2, 0) is 16.6 Å². The highest BCUT2D eigenvalue weighted by Crippen LogP contribution is 2.44. The third kappa shape index (κ3) is 1.35. The van der Waals surface area contributed by atoms with Crippen LogP contribution in [0, 0.1) is 5.41 Å². The molecule has 4 nitrogen and oxygen atoms in total. The maximum Gasteiger partial charge on any atom is 0.312 e. The topological polar surface area (TPSA) is 44.1 Å². The molecule has 0 bridgehead atoms. The predicted molar refractivity (Wildman–Crippen MR) is 55.3 cm³/mol. The molecule has 0 aliphatic carbocycles. The lowest BCUT2D eigenvalue weighted by atomic mass is 9.75. The minimum atomic E-state index is -0.395. The molecular formula is C11H16N2O2. The van der Waals surface area contributed by atoms with E-state index in [2.05, 4.69) is 4.98 Å².